The van der Waals surface area contributed by atoms with E-state index in [4.69, 9.17) is 0 Å². The lowest BCUT2D eigenvalue weighted by Crippen LogP contribution is -1.96. The van der Waals surface area contributed by atoms with Crippen molar-refractivity contribution in [3.05, 3.63) is 108 Å². The van der Waals surface area contributed by atoms with Gasteiger partial charge in [-0.1, -0.05) is 79.4 Å². The van der Waals surface area contributed by atoms with Crippen LogP contribution in [0.4, 0.5) is 0 Å². The van der Waals surface area contributed by atoms with Crippen LogP contribution < -0.4 is 0 Å². The lowest BCUT2D eigenvalue weighted by molar-refractivity contribution is 0.104. The molecule has 3 aromatic rings. The number of carbonyl (C=O) groups is 1. The highest BCUT2D eigenvalue weighted by Crippen LogP contribution is 2.20. The van der Waals surface area contributed by atoms with Gasteiger partial charge in [0.15, 0.2) is 5.78 Å². The van der Waals surface area contributed by atoms with Gasteiger partial charge in [-0.3, -0.25) is 4.79 Å². The zero-order valence-electron chi connectivity index (χ0n) is 12.9. The second-order valence-electron chi connectivity index (χ2n) is 5.51. The SMILES string of the molecule is C=CC(=O)c1cccc(Cc2ccc(-c3ccccc3)cc2)c1. The summed E-state index contributed by atoms with van der Waals surface area (Å²) in [7, 11) is 0. The second-order valence-corrected chi connectivity index (χ2v) is 5.51. The summed E-state index contributed by atoms with van der Waals surface area (Å²) in [5.41, 5.74) is 5.49. The average Bonchev–Trinajstić information content (AvgIpc) is 2.62. The zero-order valence-corrected chi connectivity index (χ0v) is 12.9. The highest BCUT2D eigenvalue weighted by molar-refractivity contribution is 6.04. The molecule has 0 aliphatic heterocycles. The van der Waals surface area contributed by atoms with E-state index in [0.717, 1.165) is 12.0 Å². The standard InChI is InChI=1S/C22H18O/c1-2-22(23)21-10-6-7-18(16-21)15-17-11-13-20(14-12-17)19-8-4-3-5-9-19/h2-14,16H,1,15H2. The number of benzene rings is 3. The van der Waals surface area contributed by atoms with E-state index in [1.807, 2.05) is 42.5 Å². The largest absolute Gasteiger partial charge is 0.289 e. The van der Waals surface area contributed by atoms with Crippen molar-refractivity contribution in [3.63, 3.8) is 0 Å². The molecule has 23 heavy (non-hydrogen) atoms. The molecule has 0 amide bonds. The summed E-state index contributed by atoms with van der Waals surface area (Å²) >= 11 is 0. The maximum atomic E-state index is 11.7. The molecule has 0 fully saturated rings. The van der Waals surface area contributed by atoms with Crippen LogP contribution in [0.2, 0.25) is 0 Å². The zero-order chi connectivity index (χ0) is 16.1. The third-order valence-corrected chi connectivity index (χ3v) is 3.87. The summed E-state index contributed by atoms with van der Waals surface area (Å²) in [6, 6.07) is 26.6. The van der Waals surface area contributed by atoms with Crippen molar-refractivity contribution in [2.75, 3.05) is 0 Å². The molecule has 0 spiro atoms. The van der Waals surface area contributed by atoms with Gasteiger partial charge in [0.05, 0.1) is 0 Å². The molecule has 0 radical (unpaired) electrons. The minimum atomic E-state index is -0.0359. The van der Waals surface area contributed by atoms with E-state index in [9.17, 15) is 4.79 Å². The number of rotatable bonds is 5. The van der Waals surface area contributed by atoms with Crippen LogP contribution in [-0.4, -0.2) is 5.78 Å². The summed E-state index contributed by atoms with van der Waals surface area (Å²) in [5, 5.41) is 0. The topological polar surface area (TPSA) is 17.1 Å². The number of ketones is 1. The van der Waals surface area contributed by atoms with E-state index in [1.54, 1.807) is 0 Å². The summed E-state index contributed by atoms with van der Waals surface area (Å²) in [6.07, 6.45) is 2.17. The minimum Gasteiger partial charge on any atom is -0.289 e. The van der Waals surface area contributed by atoms with Crippen LogP contribution in [0, 0.1) is 0 Å². The van der Waals surface area contributed by atoms with Crippen LogP contribution in [0.5, 0.6) is 0 Å². The Kier molecular flexibility index (Phi) is 4.49. The Hall–Kier alpha value is -2.93. The van der Waals surface area contributed by atoms with E-state index < -0.39 is 0 Å². The molecule has 0 saturated heterocycles. The Labute approximate surface area is 136 Å². The third kappa shape index (κ3) is 3.64. The summed E-state index contributed by atoms with van der Waals surface area (Å²) < 4.78 is 0. The van der Waals surface area contributed by atoms with Gasteiger partial charge in [-0.25, -0.2) is 0 Å². The van der Waals surface area contributed by atoms with Gasteiger partial charge >= 0.3 is 0 Å². The average molecular weight is 298 g/mol. The Morgan fingerprint density at radius 2 is 1.48 bits per heavy atom. The van der Waals surface area contributed by atoms with Crippen molar-refractivity contribution in [2.24, 2.45) is 0 Å². The monoisotopic (exact) mass is 298 g/mol. The predicted octanol–water partition coefficient (Wildman–Crippen LogP) is 5.31. The minimum absolute atomic E-state index is 0.0359. The first-order valence-corrected chi connectivity index (χ1v) is 7.66. The first kappa shape index (κ1) is 15.0. The molecule has 0 unspecified atom stereocenters. The van der Waals surface area contributed by atoms with Crippen LogP contribution in [0.3, 0.4) is 0 Å². The molecule has 1 nitrogen and oxygen atoms in total. The molecular formula is C22H18O. The number of hydrogen-bond donors (Lipinski definition) is 0. The van der Waals surface area contributed by atoms with Crippen molar-refractivity contribution in [2.45, 2.75) is 6.42 Å². The maximum Gasteiger partial charge on any atom is 0.185 e. The fraction of sp³-hybridized carbons (Fsp3) is 0.0455. The normalized spacial score (nSPS) is 10.3. The summed E-state index contributed by atoms with van der Waals surface area (Å²) in [6.45, 7) is 3.54. The van der Waals surface area contributed by atoms with Crippen LogP contribution in [0.15, 0.2) is 91.5 Å². The van der Waals surface area contributed by atoms with Crippen molar-refractivity contribution >= 4 is 5.78 Å². The molecule has 0 heterocycles. The fourth-order valence-electron chi connectivity index (χ4n) is 2.63. The van der Waals surface area contributed by atoms with Gasteiger partial charge in [0.25, 0.3) is 0 Å². The molecule has 0 bridgehead atoms. The van der Waals surface area contributed by atoms with Crippen LogP contribution in [-0.2, 0) is 6.42 Å². The number of carbonyl (C=O) groups excluding carboxylic acids is 1. The first-order chi connectivity index (χ1) is 11.3. The molecular weight excluding hydrogens is 280 g/mol. The highest BCUT2D eigenvalue weighted by Gasteiger charge is 2.03. The van der Waals surface area contributed by atoms with Gasteiger partial charge in [-0.15, -0.1) is 0 Å². The van der Waals surface area contributed by atoms with Gasteiger partial charge in [0.1, 0.15) is 0 Å². The maximum absolute atomic E-state index is 11.7. The van der Waals surface area contributed by atoms with Gasteiger partial charge in [-0.05, 0) is 40.8 Å². The van der Waals surface area contributed by atoms with Gasteiger partial charge in [0, 0.05) is 5.56 Å². The van der Waals surface area contributed by atoms with E-state index in [2.05, 4.69) is 43.0 Å². The molecule has 0 N–H and O–H groups in total. The Bertz CT molecular complexity index is 814. The van der Waals surface area contributed by atoms with Gasteiger partial charge in [0.2, 0.25) is 0 Å². The molecule has 1 heteroatoms. The van der Waals surface area contributed by atoms with Crippen LogP contribution in [0.1, 0.15) is 21.5 Å². The van der Waals surface area contributed by atoms with E-state index in [1.165, 1.54) is 22.8 Å². The van der Waals surface area contributed by atoms with Crippen molar-refractivity contribution < 1.29 is 4.79 Å². The summed E-state index contributed by atoms with van der Waals surface area (Å²) in [5.74, 6) is -0.0359. The van der Waals surface area contributed by atoms with Crippen LogP contribution >= 0.6 is 0 Å². The molecule has 3 aromatic carbocycles. The van der Waals surface area contributed by atoms with E-state index in [-0.39, 0.29) is 5.78 Å². The lowest BCUT2D eigenvalue weighted by Gasteiger charge is -2.06. The molecule has 112 valence electrons. The smallest absolute Gasteiger partial charge is 0.185 e. The van der Waals surface area contributed by atoms with Gasteiger partial charge in [-0.2, -0.15) is 0 Å². The molecule has 0 aliphatic rings. The Balaban J connectivity index is 1.79. The molecule has 3 rings (SSSR count). The van der Waals surface area contributed by atoms with Crippen molar-refractivity contribution in [3.8, 4) is 11.1 Å². The van der Waals surface area contributed by atoms with E-state index >= 15 is 0 Å². The van der Waals surface area contributed by atoms with Crippen molar-refractivity contribution in [1.82, 2.24) is 0 Å². The molecule has 0 saturated carbocycles. The first-order valence-electron chi connectivity index (χ1n) is 7.66. The quantitative estimate of drug-likeness (QED) is 0.460. The van der Waals surface area contributed by atoms with E-state index in [0.29, 0.717) is 5.56 Å². The fourth-order valence-corrected chi connectivity index (χ4v) is 2.63. The summed E-state index contributed by atoms with van der Waals surface area (Å²) in [4.78, 5) is 11.7. The molecule has 0 aromatic heterocycles. The predicted molar refractivity (Wildman–Crippen MR) is 95.7 cm³/mol. The van der Waals surface area contributed by atoms with Gasteiger partial charge < -0.3 is 0 Å². The van der Waals surface area contributed by atoms with Crippen molar-refractivity contribution in [1.29, 1.82) is 0 Å². The Morgan fingerprint density at radius 3 is 2.17 bits per heavy atom. The third-order valence-electron chi connectivity index (χ3n) is 3.87. The molecule has 0 atom stereocenters. The lowest BCUT2D eigenvalue weighted by atomic mass is 9.99. The highest BCUT2D eigenvalue weighted by atomic mass is 16.1. The second kappa shape index (κ2) is 6.89. The Morgan fingerprint density at radius 1 is 0.783 bits per heavy atom. The van der Waals surface area contributed by atoms with Crippen LogP contribution in [0.25, 0.3) is 11.1 Å². The number of hydrogen-bond acceptors (Lipinski definition) is 1. The number of allylic oxidation sites excluding steroid dienone is 1. The molecule has 0 aliphatic carbocycles.